The number of hydrogen-bond donors (Lipinski definition) is 0. The Balaban J connectivity index is 3.18. The number of hydrogen-bond acceptors (Lipinski definition) is 2. The first-order valence-corrected chi connectivity index (χ1v) is 17.6. The van der Waals surface area contributed by atoms with Crippen molar-refractivity contribution in [1.82, 2.24) is 0 Å². The fraction of sp³-hybridized carbons (Fsp3) is 0.917. The normalized spacial score (nSPS) is 11.5. The van der Waals surface area contributed by atoms with Crippen LogP contribution in [0.4, 0.5) is 0 Å². The Morgan fingerprint density at radius 2 is 0.737 bits per heavy atom. The summed E-state index contributed by atoms with van der Waals surface area (Å²) in [6.45, 7) is 5.20. The first-order valence-electron chi connectivity index (χ1n) is 17.6. The second-order valence-electron chi connectivity index (χ2n) is 11.9. The van der Waals surface area contributed by atoms with Crippen LogP contribution in [0.3, 0.4) is 0 Å². The molecular weight excluding hydrogens is 464 g/mol. The van der Waals surface area contributed by atoms with Gasteiger partial charge in [0.25, 0.3) is 0 Å². The molecule has 0 spiro atoms. The van der Waals surface area contributed by atoms with Gasteiger partial charge in [0.05, 0.1) is 6.61 Å². The SMILES string of the molecule is CCCCCCCCC=CCCCCCCCC(=O)OCCCCCCCCCCCCCCCCCC. The van der Waals surface area contributed by atoms with Crippen molar-refractivity contribution >= 4 is 5.97 Å². The maximum absolute atomic E-state index is 11.9. The molecule has 0 aromatic heterocycles. The molecule has 0 N–H and O–H groups in total. The molecule has 0 amide bonds. The van der Waals surface area contributed by atoms with Crippen molar-refractivity contribution < 1.29 is 9.53 Å². The summed E-state index contributed by atoms with van der Waals surface area (Å²) in [4.78, 5) is 11.9. The minimum Gasteiger partial charge on any atom is -0.466 e. The molecule has 0 aliphatic rings. The molecule has 2 nitrogen and oxygen atoms in total. The summed E-state index contributed by atoms with van der Waals surface area (Å²) in [6, 6.07) is 0. The van der Waals surface area contributed by atoms with Crippen LogP contribution < -0.4 is 0 Å². The fourth-order valence-corrected chi connectivity index (χ4v) is 5.25. The summed E-state index contributed by atoms with van der Waals surface area (Å²) in [5.41, 5.74) is 0. The molecule has 0 aliphatic carbocycles. The van der Waals surface area contributed by atoms with Gasteiger partial charge in [-0.05, 0) is 38.5 Å². The Morgan fingerprint density at radius 3 is 1.13 bits per heavy atom. The summed E-state index contributed by atoms with van der Waals surface area (Å²) in [7, 11) is 0. The van der Waals surface area contributed by atoms with E-state index in [9.17, 15) is 4.79 Å². The van der Waals surface area contributed by atoms with Gasteiger partial charge >= 0.3 is 5.97 Å². The first-order chi connectivity index (χ1) is 18.8. The molecule has 0 aromatic rings. The molecule has 0 heterocycles. The van der Waals surface area contributed by atoms with Gasteiger partial charge in [-0.2, -0.15) is 0 Å². The Hall–Kier alpha value is -0.790. The fourth-order valence-electron chi connectivity index (χ4n) is 5.25. The van der Waals surface area contributed by atoms with Crippen LogP contribution in [-0.2, 0) is 9.53 Å². The number of rotatable bonds is 32. The van der Waals surface area contributed by atoms with Crippen molar-refractivity contribution in [2.45, 2.75) is 206 Å². The maximum Gasteiger partial charge on any atom is 0.305 e. The highest BCUT2D eigenvalue weighted by Crippen LogP contribution is 2.14. The van der Waals surface area contributed by atoms with Crippen LogP contribution in [0.2, 0.25) is 0 Å². The van der Waals surface area contributed by atoms with Crippen LogP contribution in [0.25, 0.3) is 0 Å². The third-order valence-electron chi connectivity index (χ3n) is 7.90. The molecule has 0 bridgehead atoms. The summed E-state index contributed by atoms with van der Waals surface area (Å²) < 4.78 is 5.43. The second kappa shape index (κ2) is 34.2. The highest BCUT2D eigenvalue weighted by atomic mass is 16.5. The summed E-state index contributed by atoms with van der Waals surface area (Å²) in [5, 5.41) is 0. The average molecular weight is 535 g/mol. The van der Waals surface area contributed by atoms with Crippen LogP contribution in [0.1, 0.15) is 206 Å². The summed E-state index contributed by atoms with van der Waals surface area (Å²) in [5.74, 6) is 0.0172. The lowest BCUT2D eigenvalue weighted by Gasteiger charge is -2.05. The molecule has 0 aliphatic heterocycles. The van der Waals surface area contributed by atoms with Gasteiger partial charge in [0.1, 0.15) is 0 Å². The van der Waals surface area contributed by atoms with Crippen molar-refractivity contribution in [3.05, 3.63) is 12.2 Å². The largest absolute Gasteiger partial charge is 0.466 e. The molecule has 0 saturated heterocycles. The Kier molecular flexibility index (Phi) is 33.5. The molecule has 0 radical (unpaired) electrons. The predicted molar refractivity (Wildman–Crippen MR) is 170 cm³/mol. The lowest BCUT2D eigenvalue weighted by molar-refractivity contribution is -0.143. The van der Waals surface area contributed by atoms with Gasteiger partial charge < -0.3 is 4.74 Å². The highest BCUT2D eigenvalue weighted by Gasteiger charge is 2.02. The van der Waals surface area contributed by atoms with Crippen LogP contribution in [-0.4, -0.2) is 12.6 Å². The van der Waals surface area contributed by atoms with E-state index in [4.69, 9.17) is 4.74 Å². The van der Waals surface area contributed by atoms with E-state index in [2.05, 4.69) is 26.0 Å². The van der Waals surface area contributed by atoms with Gasteiger partial charge in [0.2, 0.25) is 0 Å². The number of unbranched alkanes of at least 4 members (excludes halogenated alkanes) is 26. The van der Waals surface area contributed by atoms with E-state index in [-0.39, 0.29) is 5.97 Å². The summed E-state index contributed by atoms with van der Waals surface area (Å²) in [6.07, 6.45) is 44.1. The minimum absolute atomic E-state index is 0.0172. The highest BCUT2D eigenvalue weighted by molar-refractivity contribution is 5.69. The van der Waals surface area contributed by atoms with Crippen molar-refractivity contribution in [3.8, 4) is 0 Å². The number of esters is 1. The van der Waals surface area contributed by atoms with Crippen LogP contribution in [0, 0.1) is 0 Å². The second-order valence-corrected chi connectivity index (χ2v) is 11.9. The van der Waals surface area contributed by atoms with E-state index in [1.165, 1.54) is 167 Å². The average Bonchev–Trinajstić information content (AvgIpc) is 2.92. The van der Waals surface area contributed by atoms with E-state index in [0.717, 1.165) is 19.3 Å². The van der Waals surface area contributed by atoms with Crippen LogP contribution in [0.5, 0.6) is 0 Å². The zero-order valence-electron chi connectivity index (χ0n) is 26.4. The van der Waals surface area contributed by atoms with E-state index in [1.54, 1.807) is 0 Å². The molecule has 0 unspecified atom stereocenters. The van der Waals surface area contributed by atoms with Gasteiger partial charge in [0.15, 0.2) is 0 Å². The number of carbonyl (C=O) groups is 1. The zero-order valence-corrected chi connectivity index (χ0v) is 26.4. The van der Waals surface area contributed by atoms with E-state index in [0.29, 0.717) is 13.0 Å². The number of ether oxygens (including phenoxy) is 1. The Bertz CT molecular complexity index is 470. The third-order valence-corrected chi connectivity index (χ3v) is 7.90. The predicted octanol–water partition coefficient (Wildman–Crippen LogP) is 12.8. The molecule has 0 fully saturated rings. The van der Waals surface area contributed by atoms with Crippen molar-refractivity contribution in [3.63, 3.8) is 0 Å². The molecule has 0 aromatic carbocycles. The molecule has 226 valence electrons. The third kappa shape index (κ3) is 33.2. The Morgan fingerprint density at radius 1 is 0.421 bits per heavy atom. The first kappa shape index (κ1) is 37.2. The van der Waals surface area contributed by atoms with Gasteiger partial charge in [-0.25, -0.2) is 0 Å². The number of carbonyl (C=O) groups excluding carboxylic acids is 1. The van der Waals surface area contributed by atoms with E-state index < -0.39 is 0 Å². The van der Waals surface area contributed by atoms with Gasteiger partial charge in [0, 0.05) is 6.42 Å². The lowest BCUT2D eigenvalue weighted by Crippen LogP contribution is -2.05. The van der Waals surface area contributed by atoms with Gasteiger partial charge in [-0.3, -0.25) is 4.79 Å². The van der Waals surface area contributed by atoms with Crippen molar-refractivity contribution in [1.29, 1.82) is 0 Å². The molecule has 0 rings (SSSR count). The minimum atomic E-state index is 0.0172. The van der Waals surface area contributed by atoms with Crippen LogP contribution >= 0.6 is 0 Å². The van der Waals surface area contributed by atoms with Crippen LogP contribution in [0.15, 0.2) is 12.2 Å². The monoisotopic (exact) mass is 535 g/mol. The topological polar surface area (TPSA) is 26.3 Å². The number of allylic oxidation sites excluding steroid dienone is 2. The Labute approximate surface area is 240 Å². The molecule has 0 atom stereocenters. The van der Waals surface area contributed by atoms with Crippen molar-refractivity contribution in [2.75, 3.05) is 6.61 Å². The molecular formula is C36H70O2. The van der Waals surface area contributed by atoms with E-state index in [1.807, 2.05) is 0 Å². The summed E-state index contributed by atoms with van der Waals surface area (Å²) >= 11 is 0. The smallest absolute Gasteiger partial charge is 0.305 e. The van der Waals surface area contributed by atoms with Crippen molar-refractivity contribution in [2.24, 2.45) is 0 Å². The molecule has 2 heteroatoms. The molecule has 0 saturated carbocycles. The molecule has 38 heavy (non-hydrogen) atoms. The van der Waals surface area contributed by atoms with Gasteiger partial charge in [-0.15, -0.1) is 0 Å². The van der Waals surface area contributed by atoms with E-state index >= 15 is 0 Å². The van der Waals surface area contributed by atoms with Gasteiger partial charge in [-0.1, -0.05) is 174 Å². The standard InChI is InChI=1S/C36H70O2/c1-3-5-7-9-11-13-15-17-19-21-23-25-27-29-31-33-35-38-36(37)34-32-30-28-26-24-22-20-18-16-14-12-10-8-6-4-2/h18,20H,3-17,19,21-35H2,1-2H3. The maximum atomic E-state index is 11.9. The zero-order chi connectivity index (χ0) is 27.6. The quantitative estimate of drug-likeness (QED) is 0.0487. The lowest BCUT2D eigenvalue weighted by atomic mass is 10.0.